The lowest BCUT2D eigenvalue weighted by Gasteiger charge is -2.41. The molecule has 1 heterocycles. The molecule has 1 unspecified atom stereocenters. The van der Waals surface area contributed by atoms with Crippen molar-refractivity contribution in [2.24, 2.45) is 11.8 Å². The van der Waals surface area contributed by atoms with Crippen molar-refractivity contribution in [1.82, 2.24) is 4.90 Å². The Morgan fingerprint density at radius 1 is 0.939 bits per heavy atom. The van der Waals surface area contributed by atoms with E-state index in [4.69, 9.17) is 4.74 Å². The van der Waals surface area contributed by atoms with Crippen molar-refractivity contribution in [3.8, 4) is 0 Å². The molecule has 0 spiro atoms. The second kappa shape index (κ2) is 20.9. The number of ether oxygens (including phenoxy) is 1. The van der Waals surface area contributed by atoms with Crippen LogP contribution in [0.25, 0.3) is 0 Å². The summed E-state index contributed by atoms with van der Waals surface area (Å²) in [5.74, 6) is -1.52. The smallest absolute Gasteiger partial charge is 0.336 e. The highest BCUT2D eigenvalue weighted by Crippen LogP contribution is 2.56. The predicted molar refractivity (Wildman–Crippen MR) is 203 cm³/mol. The van der Waals surface area contributed by atoms with E-state index in [0.29, 0.717) is 6.42 Å². The van der Waals surface area contributed by atoms with E-state index in [1.54, 1.807) is 6.08 Å². The van der Waals surface area contributed by atoms with Gasteiger partial charge in [-0.2, -0.15) is 11.8 Å². The summed E-state index contributed by atoms with van der Waals surface area (Å²) in [6.07, 6.45) is 14.4. The van der Waals surface area contributed by atoms with Crippen LogP contribution in [0.15, 0.2) is 72.8 Å². The average Bonchev–Trinajstić information content (AvgIpc) is 3.43. The Bertz CT molecular complexity index is 1280. The minimum atomic E-state index is -2.46. The summed E-state index contributed by atoms with van der Waals surface area (Å²) in [5.41, 5.74) is -0.716. The number of unbranched alkanes of at least 4 members (excludes halogenated alkanes) is 8. The number of thioether (sulfide) groups is 2. The van der Waals surface area contributed by atoms with Crippen LogP contribution in [0.5, 0.6) is 0 Å². The largest absolute Gasteiger partial charge is 0.479 e. The number of carboxylic acids is 1. The van der Waals surface area contributed by atoms with E-state index >= 15 is 0 Å². The average molecular weight is 712 g/mol. The van der Waals surface area contributed by atoms with Gasteiger partial charge in [-0.15, -0.1) is 0 Å². The Morgan fingerprint density at radius 3 is 2.00 bits per heavy atom. The van der Waals surface area contributed by atoms with Gasteiger partial charge >= 0.3 is 5.97 Å². The number of carbonyl (C=O) groups excluding carboxylic acids is 2. The predicted octanol–water partition coefficient (Wildman–Crippen LogP) is 9.33. The number of methoxy groups -OCH3 is 1. The number of carbonyl (C=O) groups is 3. The topological polar surface area (TPSA) is 104 Å². The third-order valence-electron chi connectivity index (χ3n) is 9.38. The third-order valence-corrected chi connectivity index (χ3v) is 11.9. The highest BCUT2D eigenvalue weighted by atomic mass is 32.2. The minimum absolute atomic E-state index is 0.0640. The van der Waals surface area contributed by atoms with Crippen molar-refractivity contribution in [1.29, 1.82) is 0 Å². The van der Waals surface area contributed by atoms with Crippen LogP contribution in [0, 0.1) is 11.8 Å². The highest BCUT2D eigenvalue weighted by molar-refractivity contribution is 8.15. The number of hydrogen-bond donors (Lipinski definition) is 2. The molecule has 1 fully saturated rings. The summed E-state index contributed by atoms with van der Waals surface area (Å²) >= 11 is 3.11. The quantitative estimate of drug-likeness (QED) is 0.0869. The molecule has 2 N–H and O–H groups in total. The number of amides is 2. The molecule has 0 bridgehead atoms. The van der Waals surface area contributed by atoms with E-state index < -0.39 is 39.4 Å². The first-order chi connectivity index (χ1) is 23.6. The van der Waals surface area contributed by atoms with Crippen LogP contribution in [0.2, 0.25) is 0 Å². The summed E-state index contributed by atoms with van der Waals surface area (Å²) in [6.45, 7) is 6.11. The number of aliphatic carboxylic acids is 1. The Hall–Kier alpha value is -2.59. The van der Waals surface area contributed by atoms with Gasteiger partial charge in [0.2, 0.25) is 5.91 Å². The standard InChI is InChI=1S/C40H57NO6S2/c1-5-6-7-11-20-29-48-30-21-12-9-8-10-19-26-34(39(46,37(43)44)27-28-47-4)36(42)41-35(31(2)3)40(49-38(41)45,32-22-15-13-16-23-32)33-24-17-14-18-25-33/h13-19,22-26,31,34-35,46H,5-12,20-21,27-30H2,1-4H3,(H,43,44)/t34-,35?,39+/m1/s1. The van der Waals surface area contributed by atoms with Gasteiger partial charge in [-0.3, -0.25) is 14.5 Å². The molecule has 1 saturated heterocycles. The van der Waals surface area contributed by atoms with Crippen LogP contribution in [0.4, 0.5) is 4.79 Å². The van der Waals surface area contributed by atoms with Gasteiger partial charge in [0.15, 0.2) is 5.60 Å². The van der Waals surface area contributed by atoms with Crippen molar-refractivity contribution < 1.29 is 29.3 Å². The summed E-state index contributed by atoms with van der Waals surface area (Å²) < 4.78 is 4.22. The molecule has 0 saturated carbocycles. The highest BCUT2D eigenvalue weighted by Gasteiger charge is 2.60. The van der Waals surface area contributed by atoms with Crippen LogP contribution >= 0.6 is 23.5 Å². The zero-order valence-corrected chi connectivity index (χ0v) is 31.5. The van der Waals surface area contributed by atoms with Crippen molar-refractivity contribution in [2.45, 2.75) is 108 Å². The first-order valence-corrected chi connectivity index (χ1v) is 20.0. The SMILES string of the molecule is CCCCCCCSCCCCCCC=C[C@H](C(=O)N1C(=O)SC(c2ccccc2)(c2ccccc2)C1C(C)C)[C@@](O)(CCOC)C(=O)O. The van der Waals surface area contributed by atoms with Crippen molar-refractivity contribution in [3.63, 3.8) is 0 Å². The molecule has 9 heteroatoms. The number of nitrogens with zero attached hydrogens (tertiary/aromatic N) is 1. The fourth-order valence-corrected chi connectivity index (χ4v) is 9.35. The first-order valence-electron chi connectivity index (χ1n) is 18.0. The summed E-state index contributed by atoms with van der Waals surface area (Å²) in [7, 11) is 1.42. The maximum absolute atomic E-state index is 14.7. The molecular weight excluding hydrogens is 655 g/mol. The van der Waals surface area contributed by atoms with Crippen LogP contribution in [0.1, 0.15) is 103 Å². The monoisotopic (exact) mass is 711 g/mol. The molecule has 270 valence electrons. The zero-order valence-electron chi connectivity index (χ0n) is 29.9. The van der Waals surface area contributed by atoms with Gasteiger partial charge < -0.3 is 14.9 Å². The van der Waals surface area contributed by atoms with Gasteiger partial charge in [0.25, 0.3) is 5.24 Å². The molecule has 7 nitrogen and oxygen atoms in total. The number of allylic oxidation sites excluding steroid dienone is 1. The van der Waals surface area contributed by atoms with Gasteiger partial charge in [0, 0.05) is 20.1 Å². The van der Waals surface area contributed by atoms with E-state index in [-0.39, 0.29) is 18.9 Å². The van der Waals surface area contributed by atoms with Gasteiger partial charge in [-0.25, -0.2) is 4.79 Å². The molecule has 2 aromatic rings. The van der Waals surface area contributed by atoms with E-state index in [2.05, 4.69) is 6.92 Å². The lowest BCUT2D eigenvalue weighted by molar-refractivity contribution is -0.170. The van der Waals surface area contributed by atoms with Crippen LogP contribution in [-0.4, -0.2) is 69.1 Å². The maximum atomic E-state index is 14.7. The summed E-state index contributed by atoms with van der Waals surface area (Å²) in [5, 5.41) is 21.6. The fraction of sp³-hybridized carbons (Fsp3) is 0.575. The molecular formula is C40H57NO6S2. The summed E-state index contributed by atoms with van der Waals surface area (Å²) in [4.78, 5) is 42.7. The third kappa shape index (κ3) is 10.7. The first kappa shape index (κ1) is 40.8. The number of rotatable bonds is 23. The number of benzene rings is 2. The van der Waals surface area contributed by atoms with Crippen molar-refractivity contribution in [2.75, 3.05) is 25.2 Å². The minimum Gasteiger partial charge on any atom is -0.479 e. The zero-order chi connectivity index (χ0) is 35.7. The van der Waals surface area contributed by atoms with Crippen LogP contribution < -0.4 is 0 Å². The molecule has 2 aromatic carbocycles. The maximum Gasteiger partial charge on any atom is 0.336 e. The molecule has 2 amide bonds. The molecule has 0 radical (unpaired) electrons. The van der Waals surface area contributed by atoms with Crippen molar-refractivity contribution >= 4 is 40.6 Å². The molecule has 3 atom stereocenters. The molecule has 0 aromatic heterocycles. The van der Waals surface area contributed by atoms with E-state index in [0.717, 1.165) is 54.3 Å². The fourth-order valence-electron chi connectivity index (χ4n) is 6.75. The number of carboxylic acid groups (broad SMARTS) is 1. The van der Waals surface area contributed by atoms with Gasteiger partial charge in [0.05, 0.1) is 16.7 Å². The molecule has 1 aliphatic rings. The molecule has 3 rings (SSSR count). The Morgan fingerprint density at radius 2 is 1.49 bits per heavy atom. The van der Waals surface area contributed by atoms with E-state index in [1.807, 2.05) is 86.3 Å². The molecule has 1 aliphatic heterocycles. The lowest BCUT2D eigenvalue weighted by Crippen LogP contribution is -2.57. The van der Waals surface area contributed by atoms with E-state index in [9.17, 15) is 24.6 Å². The van der Waals surface area contributed by atoms with Crippen molar-refractivity contribution in [3.05, 3.63) is 83.9 Å². The number of hydrogen-bond acceptors (Lipinski definition) is 7. The second-order valence-corrected chi connectivity index (χ2v) is 15.8. The lowest BCUT2D eigenvalue weighted by atomic mass is 9.77. The Labute approximate surface area is 302 Å². The second-order valence-electron chi connectivity index (χ2n) is 13.3. The Kier molecular flexibility index (Phi) is 17.4. The van der Waals surface area contributed by atoms with Gasteiger partial charge in [-0.05, 0) is 66.0 Å². The van der Waals surface area contributed by atoms with Crippen LogP contribution in [-0.2, 0) is 19.1 Å². The Balaban J connectivity index is 1.82. The van der Waals surface area contributed by atoms with E-state index in [1.165, 1.54) is 55.9 Å². The van der Waals surface area contributed by atoms with Crippen LogP contribution in [0.3, 0.4) is 0 Å². The number of aliphatic hydroxyl groups is 1. The number of imide groups is 1. The molecule has 49 heavy (non-hydrogen) atoms. The molecule has 0 aliphatic carbocycles. The van der Waals surface area contributed by atoms with Gasteiger partial charge in [-0.1, -0.05) is 132 Å². The van der Waals surface area contributed by atoms with Gasteiger partial charge in [0.1, 0.15) is 0 Å². The summed E-state index contributed by atoms with van der Waals surface area (Å²) in [6, 6.07) is 18.7. The normalized spacial score (nSPS) is 17.9.